The summed E-state index contributed by atoms with van der Waals surface area (Å²) in [4.78, 5) is 2.75. The zero-order chi connectivity index (χ0) is 20.3. The van der Waals surface area contributed by atoms with E-state index in [9.17, 15) is 8.42 Å². The van der Waals surface area contributed by atoms with Crippen molar-refractivity contribution in [3.63, 3.8) is 0 Å². The van der Waals surface area contributed by atoms with Crippen LogP contribution >= 0.6 is 0 Å². The van der Waals surface area contributed by atoms with Gasteiger partial charge in [0.1, 0.15) is 0 Å². The van der Waals surface area contributed by atoms with Crippen LogP contribution < -0.4 is 4.72 Å². The van der Waals surface area contributed by atoms with Crippen molar-refractivity contribution in [1.29, 1.82) is 0 Å². The second kappa shape index (κ2) is 8.43. The second-order valence-corrected chi connectivity index (χ2v) is 9.28. The summed E-state index contributed by atoms with van der Waals surface area (Å²) >= 11 is 0. The van der Waals surface area contributed by atoms with Gasteiger partial charge in [0, 0.05) is 30.3 Å². The van der Waals surface area contributed by atoms with Crippen LogP contribution in [0.2, 0.25) is 0 Å². The first-order valence-corrected chi connectivity index (χ1v) is 11.6. The Kier molecular flexibility index (Phi) is 5.74. The van der Waals surface area contributed by atoms with Crippen LogP contribution in [0.3, 0.4) is 0 Å². The van der Waals surface area contributed by atoms with Gasteiger partial charge >= 0.3 is 0 Å². The highest BCUT2D eigenvalue weighted by atomic mass is 32.2. The summed E-state index contributed by atoms with van der Waals surface area (Å²) in [6, 6.07) is 18.6. The fraction of sp³-hybridized carbons (Fsp3) is 0.304. The first-order valence-electron chi connectivity index (χ1n) is 10.1. The van der Waals surface area contributed by atoms with Gasteiger partial charge < -0.3 is 9.47 Å². The predicted octanol–water partition coefficient (Wildman–Crippen LogP) is 4.48. The molecule has 0 bridgehead atoms. The predicted molar refractivity (Wildman–Crippen MR) is 117 cm³/mol. The monoisotopic (exact) mass is 409 g/mol. The first-order chi connectivity index (χ1) is 14.0. The third-order valence-electron chi connectivity index (χ3n) is 5.50. The quantitative estimate of drug-likeness (QED) is 0.626. The van der Waals surface area contributed by atoms with Crippen LogP contribution in [0.4, 0.5) is 5.69 Å². The van der Waals surface area contributed by atoms with Crippen molar-refractivity contribution < 1.29 is 8.42 Å². The van der Waals surface area contributed by atoms with Crippen molar-refractivity contribution in [2.75, 3.05) is 24.4 Å². The molecule has 0 amide bonds. The number of anilines is 1. The highest BCUT2D eigenvalue weighted by Gasteiger charge is 2.23. The SMILES string of the molecule is CCCN1CCC(c2ccc(NS(=O)(=O)c3ccc(-n4cccc4)cc3)cc2)C1. The molecule has 5 nitrogen and oxygen atoms in total. The molecule has 1 atom stereocenters. The second-order valence-electron chi connectivity index (χ2n) is 7.60. The summed E-state index contributed by atoms with van der Waals surface area (Å²) in [6.45, 7) is 5.60. The van der Waals surface area contributed by atoms with E-state index in [1.165, 1.54) is 18.4 Å². The average Bonchev–Trinajstić information content (AvgIpc) is 3.41. The van der Waals surface area contributed by atoms with Gasteiger partial charge in [-0.05, 0) is 85.9 Å². The molecule has 0 radical (unpaired) electrons. The molecule has 1 aliphatic heterocycles. The molecule has 3 aromatic rings. The molecule has 152 valence electrons. The van der Waals surface area contributed by atoms with Gasteiger partial charge in [0.15, 0.2) is 0 Å². The largest absolute Gasteiger partial charge is 0.324 e. The van der Waals surface area contributed by atoms with E-state index in [2.05, 4.69) is 16.5 Å². The lowest BCUT2D eigenvalue weighted by molar-refractivity contribution is 0.335. The summed E-state index contributed by atoms with van der Waals surface area (Å²) in [6.07, 6.45) is 6.20. The number of nitrogens with zero attached hydrogens (tertiary/aromatic N) is 2. The minimum absolute atomic E-state index is 0.253. The molecule has 0 saturated carbocycles. The van der Waals surface area contributed by atoms with Crippen LogP contribution in [0, 0.1) is 0 Å². The summed E-state index contributed by atoms with van der Waals surface area (Å²) < 4.78 is 30.1. The van der Waals surface area contributed by atoms with E-state index in [0.717, 1.165) is 25.3 Å². The number of nitrogens with one attached hydrogen (secondary N) is 1. The van der Waals surface area contributed by atoms with Gasteiger partial charge in [-0.1, -0.05) is 19.1 Å². The highest BCUT2D eigenvalue weighted by Crippen LogP contribution is 2.28. The molecule has 1 N–H and O–H groups in total. The molecule has 1 fully saturated rings. The van der Waals surface area contributed by atoms with Gasteiger partial charge in [-0.3, -0.25) is 4.72 Å². The van der Waals surface area contributed by atoms with Crippen molar-refractivity contribution in [3.8, 4) is 5.69 Å². The van der Waals surface area contributed by atoms with Gasteiger partial charge in [-0.15, -0.1) is 0 Å². The molecule has 6 heteroatoms. The Labute approximate surface area is 173 Å². The Morgan fingerprint density at radius 1 is 1.00 bits per heavy atom. The maximum Gasteiger partial charge on any atom is 0.261 e. The van der Waals surface area contributed by atoms with Crippen LogP contribution in [0.25, 0.3) is 5.69 Å². The van der Waals surface area contributed by atoms with Crippen LogP contribution in [0.15, 0.2) is 78.0 Å². The number of rotatable bonds is 7. The van der Waals surface area contributed by atoms with Gasteiger partial charge in [0.05, 0.1) is 4.90 Å². The lowest BCUT2D eigenvalue weighted by atomic mass is 9.98. The molecule has 29 heavy (non-hydrogen) atoms. The fourth-order valence-corrected chi connectivity index (χ4v) is 5.02. The van der Waals surface area contributed by atoms with Gasteiger partial charge in [0.25, 0.3) is 10.0 Å². The molecular weight excluding hydrogens is 382 g/mol. The minimum atomic E-state index is -3.61. The first kappa shape index (κ1) is 19.7. The van der Waals surface area contributed by atoms with Gasteiger partial charge in [0.2, 0.25) is 0 Å². The number of sulfonamides is 1. The number of hydrogen-bond acceptors (Lipinski definition) is 3. The summed E-state index contributed by atoms with van der Waals surface area (Å²) in [7, 11) is -3.61. The molecule has 0 spiro atoms. The smallest absolute Gasteiger partial charge is 0.261 e. The molecule has 1 saturated heterocycles. The summed E-state index contributed by atoms with van der Waals surface area (Å²) in [5.74, 6) is 0.536. The van der Waals surface area contributed by atoms with E-state index < -0.39 is 10.0 Å². The molecule has 0 aliphatic carbocycles. The topological polar surface area (TPSA) is 54.3 Å². The third kappa shape index (κ3) is 4.54. The number of likely N-dealkylation sites (tertiary alicyclic amines) is 1. The third-order valence-corrected chi connectivity index (χ3v) is 6.89. The minimum Gasteiger partial charge on any atom is -0.324 e. The van der Waals surface area contributed by atoms with E-state index in [1.807, 2.05) is 53.4 Å². The molecule has 2 aromatic carbocycles. The van der Waals surface area contributed by atoms with Crippen LogP contribution in [0.1, 0.15) is 31.2 Å². The maximum atomic E-state index is 12.7. The van der Waals surface area contributed by atoms with E-state index in [-0.39, 0.29) is 4.90 Å². The Morgan fingerprint density at radius 3 is 2.34 bits per heavy atom. The van der Waals surface area contributed by atoms with Crippen molar-refractivity contribution in [2.45, 2.75) is 30.6 Å². The highest BCUT2D eigenvalue weighted by molar-refractivity contribution is 7.92. The standard InChI is InChI=1S/C23H27N3O2S/c1-2-14-25-17-13-20(18-25)19-5-7-21(8-6-19)24-29(27,28)23-11-9-22(10-12-23)26-15-3-4-16-26/h3-12,15-16,20,24H,2,13-14,17-18H2,1H3. The summed E-state index contributed by atoms with van der Waals surface area (Å²) in [5.41, 5.74) is 2.79. The number of benzene rings is 2. The van der Waals surface area contributed by atoms with Crippen molar-refractivity contribution >= 4 is 15.7 Å². The Bertz CT molecular complexity index is 1030. The van der Waals surface area contributed by atoms with E-state index in [0.29, 0.717) is 11.6 Å². The molecule has 1 aliphatic rings. The Balaban J connectivity index is 1.43. The molecule has 1 aromatic heterocycles. The molecular formula is C23H27N3O2S. The lowest BCUT2D eigenvalue weighted by Gasteiger charge is -2.15. The Hall–Kier alpha value is -2.57. The van der Waals surface area contributed by atoms with Crippen molar-refractivity contribution in [1.82, 2.24) is 9.47 Å². The number of hydrogen-bond donors (Lipinski definition) is 1. The van der Waals surface area contributed by atoms with Crippen LogP contribution in [-0.4, -0.2) is 37.5 Å². The van der Waals surface area contributed by atoms with Gasteiger partial charge in [-0.2, -0.15) is 0 Å². The maximum absolute atomic E-state index is 12.7. The zero-order valence-corrected chi connectivity index (χ0v) is 17.5. The van der Waals surface area contributed by atoms with E-state index in [4.69, 9.17) is 0 Å². The number of aromatic nitrogens is 1. The van der Waals surface area contributed by atoms with Crippen molar-refractivity contribution in [2.24, 2.45) is 0 Å². The summed E-state index contributed by atoms with van der Waals surface area (Å²) in [5, 5.41) is 0. The van der Waals surface area contributed by atoms with Gasteiger partial charge in [-0.25, -0.2) is 8.42 Å². The lowest BCUT2D eigenvalue weighted by Crippen LogP contribution is -2.20. The van der Waals surface area contributed by atoms with E-state index in [1.54, 1.807) is 24.3 Å². The normalized spacial score (nSPS) is 17.5. The zero-order valence-electron chi connectivity index (χ0n) is 16.7. The Morgan fingerprint density at radius 2 is 1.69 bits per heavy atom. The van der Waals surface area contributed by atoms with Crippen LogP contribution in [0.5, 0.6) is 0 Å². The molecule has 4 rings (SSSR count). The average molecular weight is 410 g/mol. The van der Waals surface area contributed by atoms with Crippen LogP contribution in [-0.2, 0) is 10.0 Å². The van der Waals surface area contributed by atoms with E-state index >= 15 is 0 Å². The molecule has 1 unspecified atom stereocenters. The van der Waals surface area contributed by atoms with Crippen molar-refractivity contribution in [3.05, 3.63) is 78.6 Å². The molecule has 2 heterocycles. The fourth-order valence-electron chi connectivity index (χ4n) is 3.97.